The zero-order chi connectivity index (χ0) is 23.0. The average Bonchev–Trinajstić information content (AvgIpc) is 3.52. The lowest BCUT2D eigenvalue weighted by atomic mass is 9.98. The van der Waals surface area contributed by atoms with Gasteiger partial charge in [-0.15, -0.1) is 0 Å². The van der Waals surface area contributed by atoms with Gasteiger partial charge in [-0.1, -0.05) is 23.2 Å². The number of nitrogens with zero attached hydrogens (tertiary/aromatic N) is 1. The molecule has 1 saturated heterocycles. The van der Waals surface area contributed by atoms with E-state index in [0.717, 1.165) is 0 Å². The van der Waals surface area contributed by atoms with Gasteiger partial charge in [0.05, 0.1) is 49.4 Å². The number of rotatable bonds is 6. The topological polar surface area (TPSA) is 102 Å². The Hall–Kier alpha value is -3.36. The van der Waals surface area contributed by atoms with Crippen LogP contribution in [0.15, 0.2) is 57.3 Å². The number of halogens is 2. The van der Waals surface area contributed by atoms with Gasteiger partial charge in [-0.25, -0.2) is 0 Å². The van der Waals surface area contributed by atoms with Gasteiger partial charge in [-0.2, -0.15) is 0 Å². The summed E-state index contributed by atoms with van der Waals surface area (Å²) in [7, 11) is 2.72. The van der Waals surface area contributed by atoms with E-state index >= 15 is 0 Å². The van der Waals surface area contributed by atoms with Gasteiger partial charge < -0.3 is 28.3 Å². The second kappa shape index (κ2) is 8.64. The van der Waals surface area contributed by atoms with Crippen LogP contribution < -0.4 is 9.47 Å². The monoisotopic (exact) mass is 477 g/mol. The lowest BCUT2D eigenvalue weighted by Gasteiger charge is -2.22. The fourth-order valence-corrected chi connectivity index (χ4v) is 4.33. The van der Waals surface area contributed by atoms with Crippen LogP contribution in [0.4, 0.5) is 0 Å². The molecule has 10 heteroatoms. The number of hydrogen-bond donors (Lipinski definition) is 1. The first-order valence-electron chi connectivity index (χ1n) is 9.33. The SMILES string of the molecule is COc1c(Cl)cc(/C(O)=C2/C(=O)C(=O)N(Cc3ccco3)C2c2ccco2)c(OC)c1Cl. The fourth-order valence-electron chi connectivity index (χ4n) is 3.65. The summed E-state index contributed by atoms with van der Waals surface area (Å²) >= 11 is 12.6. The number of methoxy groups -OCH3 is 2. The highest BCUT2D eigenvalue weighted by atomic mass is 35.5. The molecule has 3 heterocycles. The first-order valence-corrected chi connectivity index (χ1v) is 10.1. The minimum atomic E-state index is -1.01. The Kier molecular flexibility index (Phi) is 5.90. The van der Waals surface area contributed by atoms with E-state index in [2.05, 4.69) is 0 Å². The lowest BCUT2D eigenvalue weighted by Crippen LogP contribution is -2.28. The van der Waals surface area contributed by atoms with Gasteiger partial charge in [-0.05, 0) is 30.3 Å². The van der Waals surface area contributed by atoms with Gasteiger partial charge in [-0.3, -0.25) is 9.59 Å². The minimum absolute atomic E-state index is 0.00316. The number of amides is 1. The van der Waals surface area contributed by atoms with Crippen LogP contribution >= 0.6 is 23.2 Å². The van der Waals surface area contributed by atoms with Crippen molar-refractivity contribution in [3.8, 4) is 11.5 Å². The molecule has 1 N–H and O–H groups in total. The molecule has 1 unspecified atom stereocenters. The zero-order valence-corrected chi connectivity index (χ0v) is 18.4. The van der Waals surface area contributed by atoms with Crippen molar-refractivity contribution < 1.29 is 33.0 Å². The van der Waals surface area contributed by atoms with E-state index in [1.165, 1.54) is 37.7 Å². The summed E-state index contributed by atoms with van der Waals surface area (Å²) in [5.74, 6) is -1.34. The van der Waals surface area contributed by atoms with E-state index in [-0.39, 0.29) is 45.0 Å². The van der Waals surface area contributed by atoms with Gasteiger partial charge in [0.15, 0.2) is 11.5 Å². The summed E-state index contributed by atoms with van der Waals surface area (Å²) in [6, 6.07) is 6.89. The number of aliphatic hydroxyl groups is 1. The van der Waals surface area contributed by atoms with Crippen LogP contribution in [0.1, 0.15) is 23.1 Å². The summed E-state index contributed by atoms with van der Waals surface area (Å²) in [5.41, 5.74) is -0.178. The first-order chi connectivity index (χ1) is 15.4. The van der Waals surface area contributed by atoms with Crippen LogP contribution in [0, 0.1) is 0 Å². The molecular weight excluding hydrogens is 461 g/mol. The highest BCUT2D eigenvalue weighted by Crippen LogP contribution is 2.47. The Labute approximate surface area is 192 Å². The Morgan fingerprint density at radius 2 is 1.78 bits per heavy atom. The van der Waals surface area contributed by atoms with Gasteiger partial charge in [0.1, 0.15) is 28.3 Å². The molecule has 2 aromatic heterocycles. The van der Waals surface area contributed by atoms with E-state index in [0.29, 0.717) is 5.76 Å². The number of Topliss-reactive ketones (excluding diaryl/α,β-unsaturated/α-hetero) is 1. The lowest BCUT2D eigenvalue weighted by molar-refractivity contribution is -0.140. The number of hydrogen-bond acceptors (Lipinski definition) is 7. The molecule has 0 spiro atoms. The molecule has 1 aliphatic rings. The largest absolute Gasteiger partial charge is 0.507 e. The molecule has 1 atom stereocenters. The van der Waals surface area contributed by atoms with Gasteiger partial charge in [0.2, 0.25) is 0 Å². The molecule has 0 radical (unpaired) electrons. The van der Waals surface area contributed by atoms with Crippen molar-refractivity contribution in [2.24, 2.45) is 0 Å². The van der Waals surface area contributed by atoms with Crippen molar-refractivity contribution in [2.75, 3.05) is 14.2 Å². The van der Waals surface area contributed by atoms with Crippen LogP contribution in [-0.2, 0) is 16.1 Å². The number of carbonyl (C=O) groups excluding carboxylic acids is 2. The van der Waals surface area contributed by atoms with E-state index < -0.39 is 23.5 Å². The molecule has 8 nitrogen and oxygen atoms in total. The standard InChI is InChI=1S/C22H17Cl2NO7/c1-29-20-12(9-13(23)21(30-2)16(20)24)18(26)15-17(14-6-4-8-32-14)25(22(28)19(15)27)10-11-5-3-7-31-11/h3-9,17,26H,10H2,1-2H3/b18-15-. The summed E-state index contributed by atoms with van der Waals surface area (Å²) in [6.45, 7) is -0.0129. The van der Waals surface area contributed by atoms with E-state index in [1.54, 1.807) is 24.3 Å². The Morgan fingerprint density at radius 1 is 1.09 bits per heavy atom. The van der Waals surface area contributed by atoms with Crippen LogP contribution in [0.3, 0.4) is 0 Å². The summed E-state index contributed by atoms with van der Waals surface area (Å²) in [5, 5.41) is 11.3. The van der Waals surface area contributed by atoms with Crippen LogP contribution in [0.2, 0.25) is 10.0 Å². The fraction of sp³-hybridized carbons (Fsp3) is 0.182. The highest BCUT2D eigenvalue weighted by Gasteiger charge is 2.48. The van der Waals surface area contributed by atoms with Crippen molar-refractivity contribution in [3.63, 3.8) is 0 Å². The predicted molar refractivity (Wildman–Crippen MR) is 115 cm³/mol. The summed E-state index contributed by atoms with van der Waals surface area (Å²) < 4.78 is 21.3. The number of furan rings is 2. The molecule has 1 fully saturated rings. The molecule has 1 amide bonds. The second-order valence-corrected chi connectivity index (χ2v) is 7.59. The zero-order valence-electron chi connectivity index (χ0n) is 16.9. The second-order valence-electron chi connectivity index (χ2n) is 6.81. The number of likely N-dealkylation sites (tertiary alicyclic amines) is 1. The van der Waals surface area contributed by atoms with Crippen molar-refractivity contribution >= 4 is 40.7 Å². The molecule has 1 aromatic carbocycles. The van der Waals surface area contributed by atoms with E-state index in [9.17, 15) is 14.7 Å². The maximum atomic E-state index is 13.0. The Morgan fingerprint density at radius 3 is 2.38 bits per heavy atom. The number of ketones is 1. The van der Waals surface area contributed by atoms with Crippen LogP contribution in [0.5, 0.6) is 11.5 Å². The molecule has 0 bridgehead atoms. The van der Waals surface area contributed by atoms with E-state index in [1.807, 2.05) is 0 Å². The molecule has 166 valence electrons. The first kappa shape index (κ1) is 21.9. The molecule has 0 saturated carbocycles. The molecule has 0 aliphatic carbocycles. The smallest absolute Gasteiger partial charge is 0.296 e. The molecule has 32 heavy (non-hydrogen) atoms. The normalized spacial score (nSPS) is 17.8. The molecule has 4 rings (SSSR count). The molecular formula is C22H17Cl2NO7. The van der Waals surface area contributed by atoms with Gasteiger partial charge >= 0.3 is 0 Å². The highest BCUT2D eigenvalue weighted by molar-refractivity contribution is 6.46. The third-order valence-electron chi connectivity index (χ3n) is 5.05. The third kappa shape index (κ3) is 3.51. The summed E-state index contributed by atoms with van der Waals surface area (Å²) in [4.78, 5) is 27.2. The maximum absolute atomic E-state index is 13.0. The van der Waals surface area contributed by atoms with Crippen molar-refractivity contribution in [2.45, 2.75) is 12.6 Å². The number of aliphatic hydroxyl groups excluding tert-OH is 1. The maximum Gasteiger partial charge on any atom is 0.296 e. The molecule has 3 aromatic rings. The number of ether oxygens (including phenoxy) is 2. The number of benzene rings is 1. The van der Waals surface area contributed by atoms with Crippen LogP contribution in [0.25, 0.3) is 5.76 Å². The number of carbonyl (C=O) groups is 2. The van der Waals surface area contributed by atoms with Crippen molar-refractivity contribution in [3.05, 3.63) is 75.6 Å². The Balaban J connectivity index is 1.92. The van der Waals surface area contributed by atoms with Crippen molar-refractivity contribution in [1.29, 1.82) is 0 Å². The Bertz CT molecular complexity index is 1200. The predicted octanol–water partition coefficient (Wildman–Crippen LogP) is 4.82. The quantitative estimate of drug-likeness (QED) is 0.308. The van der Waals surface area contributed by atoms with Gasteiger partial charge in [0, 0.05) is 0 Å². The average molecular weight is 478 g/mol. The van der Waals surface area contributed by atoms with E-state index in [4.69, 9.17) is 41.5 Å². The molecule has 1 aliphatic heterocycles. The van der Waals surface area contributed by atoms with Crippen molar-refractivity contribution in [1.82, 2.24) is 4.90 Å². The summed E-state index contributed by atoms with van der Waals surface area (Å²) in [6.07, 6.45) is 2.87. The van der Waals surface area contributed by atoms with Crippen LogP contribution in [-0.4, -0.2) is 35.9 Å². The third-order valence-corrected chi connectivity index (χ3v) is 5.68. The minimum Gasteiger partial charge on any atom is -0.507 e. The van der Waals surface area contributed by atoms with Gasteiger partial charge in [0.25, 0.3) is 11.7 Å².